The van der Waals surface area contributed by atoms with Crippen molar-refractivity contribution in [3.05, 3.63) is 78.0 Å². The van der Waals surface area contributed by atoms with Crippen LogP contribution in [0.25, 0.3) is 0 Å². The molecule has 1 heterocycles. The fraction of sp³-hybridized carbons (Fsp3) is 0.576. The number of aromatic nitrogens is 1. The molecule has 5 heteroatoms. The molecule has 5 rings (SSSR count). The summed E-state index contributed by atoms with van der Waals surface area (Å²) in [6, 6.07) is 9.56. The van der Waals surface area contributed by atoms with E-state index in [1.54, 1.807) is 5.57 Å². The summed E-state index contributed by atoms with van der Waals surface area (Å²) in [5.74, 6) is 2.50. The summed E-state index contributed by atoms with van der Waals surface area (Å²) in [6.07, 6.45) is 15.4. The normalized spacial score (nSPS) is 33.4. The molecule has 38 heavy (non-hydrogen) atoms. The van der Waals surface area contributed by atoms with Crippen LogP contribution in [0.5, 0.6) is 0 Å². The minimum Gasteiger partial charge on any atom is -0.468 e. The lowest BCUT2D eigenvalue weighted by Gasteiger charge is -2.59. The Morgan fingerprint density at radius 2 is 2.03 bits per heavy atom. The van der Waals surface area contributed by atoms with Gasteiger partial charge in [0.2, 0.25) is 5.89 Å². The molecule has 2 saturated carbocycles. The SMILES string of the molecule is C=C[C@@]1(C)CC[C@H]2C(=CC[C@@H]3[C@]2(C)CCC[C@@]3(C)c2ncc(CNC(Cc3ccccc3)C(=O)OC)o2)C1. The summed E-state index contributed by atoms with van der Waals surface area (Å²) in [4.78, 5) is 17.3. The van der Waals surface area contributed by atoms with Crippen LogP contribution in [0.1, 0.15) is 82.9 Å². The average Bonchev–Trinajstić information content (AvgIpc) is 3.41. The Kier molecular flexibility index (Phi) is 7.43. The summed E-state index contributed by atoms with van der Waals surface area (Å²) in [6.45, 7) is 11.9. The van der Waals surface area contributed by atoms with E-state index in [1.807, 2.05) is 36.5 Å². The number of esters is 1. The number of benzene rings is 1. The Bertz CT molecular complexity index is 1190. The lowest BCUT2D eigenvalue weighted by atomic mass is 9.45. The maximum atomic E-state index is 12.5. The average molecular weight is 517 g/mol. The van der Waals surface area contributed by atoms with Crippen LogP contribution in [0, 0.1) is 22.7 Å². The highest BCUT2D eigenvalue weighted by Crippen LogP contribution is 2.64. The second-order valence-electron chi connectivity index (χ2n) is 12.7. The van der Waals surface area contributed by atoms with Crippen LogP contribution >= 0.6 is 0 Å². The molecule has 0 radical (unpaired) electrons. The summed E-state index contributed by atoms with van der Waals surface area (Å²) < 4.78 is 11.5. The maximum Gasteiger partial charge on any atom is 0.323 e. The zero-order chi connectivity index (χ0) is 27.0. The third-order valence-corrected chi connectivity index (χ3v) is 10.3. The van der Waals surface area contributed by atoms with Crippen LogP contribution in [-0.2, 0) is 27.9 Å². The highest BCUT2D eigenvalue weighted by atomic mass is 16.5. The molecule has 0 aliphatic heterocycles. The molecular formula is C33H44N2O3. The first-order valence-electron chi connectivity index (χ1n) is 14.3. The number of rotatable bonds is 8. The predicted molar refractivity (Wildman–Crippen MR) is 150 cm³/mol. The van der Waals surface area contributed by atoms with Gasteiger partial charge in [0, 0.05) is 5.41 Å². The molecule has 0 bridgehead atoms. The van der Waals surface area contributed by atoms with Gasteiger partial charge in [-0.15, -0.1) is 6.58 Å². The number of ether oxygens (including phenoxy) is 1. The second kappa shape index (κ2) is 10.5. The molecular weight excluding hydrogens is 472 g/mol. The fourth-order valence-electron chi connectivity index (χ4n) is 7.97. The number of oxazole rings is 1. The molecule has 5 nitrogen and oxygen atoms in total. The van der Waals surface area contributed by atoms with Gasteiger partial charge in [-0.05, 0) is 73.2 Å². The third-order valence-electron chi connectivity index (χ3n) is 10.3. The van der Waals surface area contributed by atoms with Crippen LogP contribution < -0.4 is 5.32 Å². The van der Waals surface area contributed by atoms with Gasteiger partial charge in [0.25, 0.3) is 0 Å². The van der Waals surface area contributed by atoms with E-state index in [2.05, 4.69) is 44.8 Å². The van der Waals surface area contributed by atoms with Gasteiger partial charge in [-0.2, -0.15) is 0 Å². The molecule has 204 valence electrons. The zero-order valence-electron chi connectivity index (χ0n) is 23.6. The number of nitrogens with zero attached hydrogens (tertiary/aromatic N) is 1. The highest BCUT2D eigenvalue weighted by molar-refractivity contribution is 5.76. The van der Waals surface area contributed by atoms with E-state index in [0.717, 1.165) is 36.5 Å². The molecule has 2 fully saturated rings. The highest BCUT2D eigenvalue weighted by Gasteiger charge is 2.57. The molecule has 1 aromatic carbocycles. The Morgan fingerprint density at radius 3 is 2.76 bits per heavy atom. The monoisotopic (exact) mass is 516 g/mol. The van der Waals surface area contributed by atoms with Crippen molar-refractivity contribution in [1.29, 1.82) is 0 Å². The van der Waals surface area contributed by atoms with Gasteiger partial charge in [0.1, 0.15) is 11.8 Å². The first-order valence-corrected chi connectivity index (χ1v) is 14.3. The van der Waals surface area contributed by atoms with E-state index >= 15 is 0 Å². The van der Waals surface area contributed by atoms with Crippen molar-refractivity contribution >= 4 is 5.97 Å². The number of allylic oxidation sites excluding steroid dienone is 3. The van der Waals surface area contributed by atoms with Gasteiger partial charge < -0.3 is 9.15 Å². The Balaban J connectivity index is 1.32. The van der Waals surface area contributed by atoms with Gasteiger partial charge in [0.15, 0.2) is 0 Å². The van der Waals surface area contributed by atoms with E-state index in [9.17, 15) is 4.79 Å². The largest absolute Gasteiger partial charge is 0.468 e. The molecule has 1 aromatic heterocycles. The standard InChI is InChI=1S/C33H44N2O3/c1-6-31(2)18-15-26-24(20-31)13-14-28-32(26,3)16-10-17-33(28,4)30-35-22-25(38-30)21-34-27(29(36)37-5)19-23-11-8-7-9-12-23/h6-9,11-13,22,26-28,34H,1,10,14-21H2,2-5H3/t26-,27?,28+,31-,32+,33+/m0/s1. The van der Waals surface area contributed by atoms with Crippen LogP contribution in [0.4, 0.5) is 0 Å². The summed E-state index contributed by atoms with van der Waals surface area (Å²) >= 11 is 0. The van der Waals surface area contributed by atoms with Crippen molar-refractivity contribution in [3.63, 3.8) is 0 Å². The van der Waals surface area contributed by atoms with E-state index in [-0.39, 0.29) is 22.2 Å². The van der Waals surface area contributed by atoms with Crippen LogP contribution in [0.2, 0.25) is 0 Å². The quantitative estimate of drug-likeness (QED) is 0.304. The number of nitrogens with one attached hydrogen (secondary N) is 1. The minimum atomic E-state index is -0.445. The molecule has 1 N–H and O–H groups in total. The molecule has 0 amide bonds. The smallest absolute Gasteiger partial charge is 0.323 e. The summed E-state index contributed by atoms with van der Waals surface area (Å²) in [7, 11) is 1.43. The van der Waals surface area contributed by atoms with E-state index < -0.39 is 6.04 Å². The number of hydrogen-bond acceptors (Lipinski definition) is 5. The van der Waals surface area contributed by atoms with Gasteiger partial charge in [-0.25, -0.2) is 4.98 Å². The lowest BCUT2D eigenvalue weighted by molar-refractivity contribution is -0.143. The van der Waals surface area contributed by atoms with Crippen molar-refractivity contribution in [2.75, 3.05) is 7.11 Å². The van der Waals surface area contributed by atoms with Crippen molar-refractivity contribution < 1.29 is 13.9 Å². The molecule has 3 aliphatic carbocycles. The van der Waals surface area contributed by atoms with Crippen LogP contribution in [-0.4, -0.2) is 24.1 Å². The van der Waals surface area contributed by atoms with Gasteiger partial charge in [-0.3, -0.25) is 10.1 Å². The Morgan fingerprint density at radius 1 is 1.24 bits per heavy atom. The first-order chi connectivity index (χ1) is 18.2. The minimum absolute atomic E-state index is 0.0990. The summed E-state index contributed by atoms with van der Waals surface area (Å²) in [5.41, 5.74) is 3.14. The van der Waals surface area contributed by atoms with Gasteiger partial charge >= 0.3 is 5.97 Å². The number of carbonyl (C=O) groups is 1. The zero-order valence-corrected chi connectivity index (χ0v) is 23.6. The first kappa shape index (κ1) is 26.9. The molecule has 2 aromatic rings. The molecule has 0 saturated heterocycles. The Labute approximate surface area is 228 Å². The fourth-order valence-corrected chi connectivity index (χ4v) is 7.97. The van der Waals surface area contributed by atoms with E-state index in [1.165, 1.54) is 32.8 Å². The predicted octanol–water partition coefficient (Wildman–Crippen LogP) is 6.94. The Hall–Kier alpha value is -2.66. The lowest BCUT2D eigenvalue weighted by Crippen LogP contribution is -2.53. The van der Waals surface area contributed by atoms with E-state index in [4.69, 9.17) is 14.1 Å². The van der Waals surface area contributed by atoms with E-state index in [0.29, 0.717) is 24.8 Å². The summed E-state index contributed by atoms with van der Waals surface area (Å²) in [5, 5.41) is 3.35. The third kappa shape index (κ3) is 4.90. The number of fused-ring (bicyclic) bond motifs is 3. The van der Waals surface area contributed by atoms with Crippen molar-refractivity contribution in [2.24, 2.45) is 22.7 Å². The van der Waals surface area contributed by atoms with Crippen LogP contribution in [0.3, 0.4) is 0 Å². The van der Waals surface area contributed by atoms with Crippen LogP contribution in [0.15, 0.2) is 65.2 Å². The maximum absolute atomic E-state index is 12.5. The number of methoxy groups -OCH3 is 1. The van der Waals surface area contributed by atoms with Crippen molar-refractivity contribution in [1.82, 2.24) is 10.3 Å². The van der Waals surface area contributed by atoms with Crippen molar-refractivity contribution in [2.45, 2.75) is 90.1 Å². The van der Waals surface area contributed by atoms with Gasteiger partial charge in [-0.1, -0.05) is 75.2 Å². The number of carbonyl (C=O) groups excluding carboxylic acids is 1. The molecule has 0 spiro atoms. The number of hydrogen-bond donors (Lipinski definition) is 1. The molecule has 1 unspecified atom stereocenters. The molecule has 3 aliphatic rings. The van der Waals surface area contributed by atoms with Gasteiger partial charge in [0.05, 0.1) is 19.9 Å². The second-order valence-corrected chi connectivity index (χ2v) is 12.7. The van der Waals surface area contributed by atoms with Crippen molar-refractivity contribution in [3.8, 4) is 0 Å². The topological polar surface area (TPSA) is 64.4 Å². The molecule has 6 atom stereocenters.